The molecular formula is C13H15NOS. The summed E-state index contributed by atoms with van der Waals surface area (Å²) >= 11 is 1.68. The Morgan fingerprint density at radius 3 is 2.56 bits per heavy atom. The summed E-state index contributed by atoms with van der Waals surface area (Å²) in [5.41, 5.74) is 9.71. The van der Waals surface area contributed by atoms with E-state index in [4.69, 9.17) is 10.5 Å². The Balaban J connectivity index is 2.41. The number of hydrogen-bond donors (Lipinski definition) is 1. The fourth-order valence-electron chi connectivity index (χ4n) is 1.78. The van der Waals surface area contributed by atoms with Crippen LogP contribution in [0.15, 0.2) is 35.0 Å². The van der Waals surface area contributed by atoms with E-state index in [0.29, 0.717) is 0 Å². The molecule has 2 aromatic rings. The zero-order chi connectivity index (χ0) is 11.5. The van der Waals surface area contributed by atoms with Crippen molar-refractivity contribution >= 4 is 11.3 Å². The first kappa shape index (κ1) is 11.2. The molecule has 1 aromatic carbocycles. The number of rotatable bonds is 3. The molecule has 0 saturated carbocycles. The van der Waals surface area contributed by atoms with Gasteiger partial charge in [0.1, 0.15) is 5.75 Å². The van der Waals surface area contributed by atoms with E-state index in [2.05, 4.69) is 17.7 Å². The van der Waals surface area contributed by atoms with Crippen molar-refractivity contribution in [3.05, 3.63) is 51.7 Å². The topological polar surface area (TPSA) is 35.2 Å². The second kappa shape index (κ2) is 4.68. The van der Waals surface area contributed by atoms with E-state index in [1.807, 2.05) is 24.3 Å². The van der Waals surface area contributed by atoms with Gasteiger partial charge in [-0.15, -0.1) is 0 Å². The molecule has 0 spiro atoms. The predicted molar refractivity (Wildman–Crippen MR) is 68.1 cm³/mol. The summed E-state index contributed by atoms with van der Waals surface area (Å²) in [4.78, 5) is 0. The van der Waals surface area contributed by atoms with Crippen LogP contribution in [0.25, 0.3) is 0 Å². The minimum atomic E-state index is -0.109. The van der Waals surface area contributed by atoms with Crippen LogP contribution in [0.1, 0.15) is 22.7 Å². The Morgan fingerprint density at radius 2 is 1.94 bits per heavy atom. The number of methoxy groups -OCH3 is 1. The Labute approximate surface area is 99.7 Å². The summed E-state index contributed by atoms with van der Waals surface area (Å²) in [6, 6.07) is 7.79. The van der Waals surface area contributed by atoms with Crippen molar-refractivity contribution in [1.82, 2.24) is 0 Å². The van der Waals surface area contributed by atoms with Crippen LogP contribution in [-0.4, -0.2) is 7.11 Å². The molecule has 0 aliphatic rings. The van der Waals surface area contributed by atoms with Crippen LogP contribution in [0, 0.1) is 6.92 Å². The third-order valence-corrected chi connectivity index (χ3v) is 3.58. The molecule has 84 valence electrons. The quantitative estimate of drug-likeness (QED) is 0.884. The van der Waals surface area contributed by atoms with Crippen LogP contribution in [-0.2, 0) is 0 Å². The van der Waals surface area contributed by atoms with Gasteiger partial charge in [-0.3, -0.25) is 0 Å². The summed E-state index contributed by atoms with van der Waals surface area (Å²) in [6.07, 6.45) is 0. The second-order valence-corrected chi connectivity index (χ2v) is 4.47. The first-order chi connectivity index (χ1) is 7.74. The van der Waals surface area contributed by atoms with Crippen molar-refractivity contribution < 1.29 is 4.74 Å². The number of ether oxygens (including phenoxy) is 1. The van der Waals surface area contributed by atoms with Crippen LogP contribution < -0.4 is 10.5 Å². The largest absolute Gasteiger partial charge is 0.496 e. The van der Waals surface area contributed by atoms with Crippen molar-refractivity contribution in [1.29, 1.82) is 0 Å². The molecule has 3 heteroatoms. The van der Waals surface area contributed by atoms with Gasteiger partial charge in [-0.2, -0.15) is 11.3 Å². The highest BCUT2D eigenvalue weighted by Crippen LogP contribution is 2.30. The maximum atomic E-state index is 6.26. The smallest absolute Gasteiger partial charge is 0.123 e. The van der Waals surface area contributed by atoms with E-state index in [-0.39, 0.29) is 6.04 Å². The zero-order valence-corrected chi connectivity index (χ0v) is 10.3. The lowest BCUT2D eigenvalue weighted by Crippen LogP contribution is -2.13. The minimum absolute atomic E-state index is 0.109. The maximum absolute atomic E-state index is 6.26. The minimum Gasteiger partial charge on any atom is -0.496 e. The molecule has 16 heavy (non-hydrogen) atoms. The van der Waals surface area contributed by atoms with Gasteiger partial charge in [0.05, 0.1) is 13.2 Å². The van der Waals surface area contributed by atoms with Gasteiger partial charge in [0.15, 0.2) is 0 Å². The van der Waals surface area contributed by atoms with Gasteiger partial charge in [-0.25, -0.2) is 0 Å². The van der Waals surface area contributed by atoms with Crippen molar-refractivity contribution in [2.45, 2.75) is 13.0 Å². The lowest BCUT2D eigenvalue weighted by Gasteiger charge is -2.15. The molecule has 0 saturated heterocycles. The summed E-state index contributed by atoms with van der Waals surface area (Å²) in [6.45, 7) is 2.08. The van der Waals surface area contributed by atoms with Gasteiger partial charge in [0.25, 0.3) is 0 Å². The van der Waals surface area contributed by atoms with Gasteiger partial charge in [-0.05, 0) is 34.9 Å². The molecule has 2 rings (SSSR count). The zero-order valence-electron chi connectivity index (χ0n) is 9.44. The Bertz CT molecular complexity index is 478. The van der Waals surface area contributed by atoms with Crippen molar-refractivity contribution in [2.75, 3.05) is 7.11 Å². The highest BCUT2D eigenvalue weighted by Gasteiger charge is 2.15. The summed E-state index contributed by atoms with van der Waals surface area (Å²) in [5.74, 6) is 0.848. The lowest BCUT2D eigenvalue weighted by atomic mass is 9.98. The Hall–Kier alpha value is -1.32. The van der Waals surface area contributed by atoms with Gasteiger partial charge >= 0.3 is 0 Å². The number of para-hydroxylation sites is 1. The van der Waals surface area contributed by atoms with Crippen molar-refractivity contribution in [3.8, 4) is 5.75 Å². The first-order valence-corrected chi connectivity index (χ1v) is 6.09. The van der Waals surface area contributed by atoms with Crippen LogP contribution in [0.4, 0.5) is 0 Å². The van der Waals surface area contributed by atoms with Crippen molar-refractivity contribution in [2.24, 2.45) is 5.73 Å². The van der Waals surface area contributed by atoms with E-state index < -0.39 is 0 Å². The molecule has 0 radical (unpaired) electrons. The molecule has 2 nitrogen and oxygen atoms in total. The van der Waals surface area contributed by atoms with Crippen LogP contribution in [0.2, 0.25) is 0 Å². The molecule has 1 unspecified atom stereocenters. The third-order valence-electron chi connectivity index (χ3n) is 2.70. The van der Waals surface area contributed by atoms with Gasteiger partial charge in [0.2, 0.25) is 0 Å². The van der Waals surface area contributed by atoms with E-state index in [1.165, 1.54) is 11.1 Å². The number of aryl methyl sites for hydroxylation is 1. The molecule has 0 amide bonds. The van der Waals surface area contributed by atoms with Gasteiger partial charge < -0.3 is 10.5 Å². The highest BCUT2D eigenvalue weighted by molar-refractivity contribution is 7.08. The molecular weight excluding hydrogens is 218 g/mol. The molecule has 0 fully saturated rings. The summed E-state index contributed by atoms with van der Waals surface area (Å²) in [5, 5.41) is 4.22. The normalized spacial score (nSPS) is 12.4. The molecule has 1 heterocycles. The SMILES string of the molecule is COc1ccccc1C(N)c1cscc1C. The summed E-state index contributed by atoms with van der Waals surface area (Å²) in [7, 11) is 1.67. The van der Waals surface area contributed by atoms with E-state index in [9.17, 15) is 0 Å². The second-order valence-electron chi connectivity index (χ2n) is 3.73. The Morgan fingerprint density at radius 1 is 1.19 bits per heavy atom. The number of hydrogen-bond acceptors (Lipinski definition) is 3. The monoisotopic (exact) mass is 233 g/mol. The molecule has 0 aliphatic carbocycles. The van der Waals surface area contributed by atoms with E-state index in [1.54, 1.807) is 18.4 Å². The molecule has 1 aromatic heterocycles. The predicted octanol–water partition coefficient (Wildman–Crippen LogP) is 3.11. The lowest BCUT2D eigenvalue weighted by molar-refractivity contribution is 0.408. The molecule has 0 bridgehead atoms. The Kier molecular flexibility index (Phi) is 3.27. The molecule has 2 N–H and O–H groups in total. The van der Waals surface area contributed by atoms with E-state index >= 15 is 0 Å². The fourth-order valence-corrected chi connectivity index (χ4v) is 2.67. The summed E-state index contributed by atoms with van der Waals surface area (Å²) < 4.78 is 5.33. The third kappa shape index (κ3) is 1.96. The van der Waals surface area contributed by atoms with Gasteiger partial charge in [0, 0.05) is 5.56 Å². The van der Waals surface area contributed by atoms with Gasteiger partial charge in [-0.1, -0.05) is 18.2 Å². The van der Waals surface area contributed by atoms with Crippen molar-refractivity contribution in [3.63, 3.8) is 0 Å². The average molecular weight is 233 g/mol. The highest BCUT2D eigenvalue weighted by atomic mass is 32.1. The maximum Gasteiger partial charge on any atom is 0.123 e. The van der Waals surface area contributed by atoms with Crippen LogP contribution >= 0.6 is 11.3 Å². The molecule has 0 aliphatic heterocycles. The fraction of sp³-hybridized carbons (Fsp3) is 0.231. The number of nitrogens with two attached hydrogens (primary N) is 1. The van der Waals surface area contributed by atoms with Crippen LogP contribution in [0.5, 0.6) is 5.75 Å². The average Bonchev–Trinajstić information content (AvgIpc) is 2.74. The first-order valence-electron chi connectivity index (χ1n) is 5.15. The van der Waals surface area contributed by atoms with E-state index in [0.717, 1.165) is 11.3 Å². The standard InChI is InChI=1S/C13H15NOS/c1-9-7-16-8-11(9)13(14)10-5-3-4-6-12(10)15-2/h3-8,13H,14H2,1-2H3. The molecule has 1 atom stereocenters. The number of benzene rings is 1. The number of thiophene rings is 1. The van der Waals surface area contributed by atoms with Crippen LogP contribution in [0.3, 0.4) is 0 Å².